The van der Waals surface area contributed by atoms with Crippen LogP contribution in [0.25, 0.3) is 0 Å². The maximum absolute atomic E-state index is 12.4. The van der Waals surface area contributed by atoms with Crippen molar-refractivity contribution in [1.29, 1.82) is 0 Å². The van der Waals surface area contributed by atoms with Crippen LogP contribution in [0.5, 0.6) is 0 Å². The van der Waals surface area contributed by atoms with Crippen molar-refractivity contribution < 1.29 is 14.3 Å². The van der Waals surface area contributed by atoms with Gasteiger partial charge in [-0.25, -0.2) is 0 Å². The Morgan fingerprint density at radius 3 is 2.77 bits per heavy atom. The molecule has 2 N–H and O–H groups in total. The smallest absolute Gasteiger partial charge is 0.270 e. The lowest BCUT2D eigenvalue weighted by Gasteiger charge is -2.42. The minimum Gasteiger partial charge on any atom is -0.383 e. The molecule has 2 aliphatic heterocycles. The Hall–Kier alpha value is -1.86. The summed E-state index contributed by atoms with van der Waals surface area (Å²) in [5.74, 6) is 0.299. The number of amides is 2. The average molecular weight is 362 g/mol. The molecular formula is C19H30N4O3. The Morgan fingerprint density at radius 2 is 2.08 bits per heavy atom. The Balaban J connectivity index is 1.46. The van der Waals surface area contributed by atoms with Gasteiger partial charge in [-0.2, -0.15) is 0 Å². The van der Waals surface area contributed by atoms with E-state index in [0.29, 0.717) is 24.9 Å². The van der Waals surface area contributed by atoms with E-state index in [1.54, 1.807) is 13.3 Å². The van der Waals surface area contributed by atoms with E-state index in [4.69, 9.17) is 4.74 Å². The molecule has 2 amide bonds. The van der Waals surface area contributed by atoms with Crippen molar-refractivity contribution in [2.24, 2.45) is 5.92 Å². The summed E-state index contributed by atoms with van der Waals surface area (Å²) < 4.78 is 4.99. The number of hydrogen-bond donors (Lipinski definition) is 2. The summed E-state index contributed by atoms with van der Waals surface area (Å²) in [5.41, 5.74) is 0.661. The van der Waals surface area contributed by atoms with Crippen LogP contribution in [0.15, 0.2) is 18.3 Å². The first-order valence-electron chi connectivity index (χ1n) is 9.62. The molecule has 2 fully saturated rings. The maximum Gasteiger partial charge on any atom is 0.270 e. The van der Waals surface area contributed by atoms with Gasteiger partial charge in [0.2, 0.25) is 5.91 Å². The topological polar surface area (TPSA) is 77.7 Å². The molecule has 0 aromatic carbocycles. The van der Waals surface area contributed by atoms with E-state index in [1.807, 2.05) is 17.0 Å². The zero-order valence-electron chi connectivity index (χ0n) is 15.6. The first-order valence-corrected chi connectivity index (χ1v) is 9.62. The molecule has 2 saturated heterocycles. The largest absolute Gasteiger partial charge is 0.383 e. The van der Waals surface area contributed by atoms with Crippen LogP contribution in [0.1, 0.15) is 36.2 Å². The fraction of sp³-hybridized carbons (Fsp3) is 0.684. The molecule has 2 aliphatic rings. The molecule has 0 spiro atoms. The van der Waals surface area contributed by atoms with E-state index in [-0.39, 0.29) is 17.7 Å². The lowest BCUT2D eigenvalue weighted by molar-refractivity contribution is -0.127. The summed E-state index contributed by atoms with van der Waals surface area (Å²) in [4.78, 5) is 32.1. The third-order valence-corrected chi connectivity index (χ3v) is 5.53. The third-order valence-electron chi connectivity index (χ3n) is 5.53. The van der Waals surface area contributed by atoms with Crippen LogP contribution in [0.3, 0.4) is 0 Å². The van der Waals surface area contributed by atoms with Crippen molar-refractivity contribution in [3.05, 3.63) is 24.0 Å². The van der Waals surface area contributed by atoms with Gasteiger partial charge < -0.3 is 19.9 Å². The predicted octanol–water partition coefficient (Wildman–Crippen LogP) is 1.09. The Labute approximate surface area is 155 Å². The first kappa shape index (κ1) is 18.9. The highest BCUT2D eigenvalue weighted by Gasteiger charge is 2.32. The van der Waals surface area contributed by atoms with E-state index in [2.05, 4.69) is 15.2 Å². The van der Waals surface area contributed by atoms with Crippen LogP contribution in [0.2, 0.25) is 0 Å². The molecule has 3 heterocycles. The van der Waals surface area contributed by atoms with E-state index in [0.717, 1.165) is 51.9 Å². The standard InChI is InChI=1S/C19H30N4O3/c1-26-13-9-21-18(24)15-4-3-10-23(14-15)16-6-11-22(12-7-16)19(25)17-5-2-8-20-17/h2,5,8,15-16,20H,3-4,6-7,9-14H2,1H3,(H,21,24)/t15-/m0/s1. The molecular weight excluding hydrogens is 332 g/mol. The van der Waals surface area contributed by atoms with Gasteiger partial charge in [0.05, 0.1) is 12.5 Å². The van der Waals surface area contributed by atoms with Crippen molar-refractivity contribution in [3.8, 4) is 0 Å². The second-order valence-electron chi connectivity index (χ2n) is 7.23. The molecule has 3 rings (SSSR count). The van der Waals surface area contributed by atoms with Crippen molar-refractivity contribution in [1.82, 2.24) is 20.1 Å². The Bertz CT molecular complexity index is 582. The van der Waals surface area contributed by atoms with Gasteiger partial charge >= 0.3 is 0 Å². The van der Waals surface area contributed by atoms with Crippen molar-refractivity contribution in [2.45, 2.75) is 31.7 Å². The summed E-state index contributed by atoms with van der Waals surface area (Å²) in [7, 11) is 1.64. The number of H-pyrrole nitrogens is 1. The molecule has 1 aromatic heterocycles. The molecule has 0 unspecified atom stereocenters. The van der Waals surface area contributed by atoms with Gasteiger partial charge in [-0.15, -0.1) is 0 Å². The van der Waals surface area contributed by atoms with Gasteiger partial charge in [-0.05, 0) is 44.4 Å². The molecule has 0 bridgehead atoms. The normalized spacial score (nSPS) is 22.3. The maximum atomic E-state index is 12.4. The van der Waals surface area contributed by atoms with Gasteiger partial charge in [0.25, 0.3) is 5.91 Å². The second kappa shape index (κ2) is 9.19. The van der Waals surface area contributed by atoms with Crippen molar-refractivity contribution >= 4 is 11.8 Å². The lowest BCUT2D eigenvalue weighted by Crippen LogP contribution is -2.51. The predicted molar refractivity (Wildman–Crippen MR) is 98.9 cm³/mol. The number of likely N-dealkylation sites (tertiary alicyclic amines) is 2. The fourth-order valence-electron chi connectivity index (χ4n) is 4.04. The molecule has 7 heteroatoms. The van der Waals surface area contributed by atoms with Crippen LogP contribution in [-0.4, -0.2) is 79.1 Å². The quantitative estimate of drug-likeness (QED) is 0.743. The van der Waals surface area contributed by atoms with Gasteiger partial charge in [-0.3, -0.25) is 14.5 Å². The Kier molecular flexibility index (Phi) is 6.68. The van der Waals surface area contributed by atoms with Crippen molar-refractivity contribution in [2.75, 3.05) is 46.4 Å². The first-order chi connectivity index (χ1) is 12.7. The summed E-state index contributed by atoms with van der Waals surface area (Å²) in [5, 5.41) is 2.97. The van der Waals surface area contributed by atoms with E-state index < -0.39 is 0 Å². The number of nitrogens with one attached hydrogen (secondary N) is 2. The number of aromatic amines is 1. The number of hydrogen-bond acceptors (Lipinski definition) is 4. The monoisotopic (exact) mass is 362 g/mol. The highest BCUT2D eigenvalue weighted by Crippen LogP contribution is 2.24. The summed E-state index contributed by atoms with van der Waals surface area (Å²) in [6.07, 6.45) is 5.75. The molecule has 7 nitrogen and oxygen atoms in total. The molecule has 0 radical (unpaired) electrons. The minimum absolute atomic E-state index is 0.0687. The second-order valence-corrected chi connectivity index (χ2v) is 7.23. The SMILES string of the molecule is COCCNC(=O)[C@H]1CCCN(C2CCN(C(=O)c3ccc[nH]3)CC2)C1. The van der Waals surface area contributed by atoms with Crippen molar-refractivity contribution in [3.63, 3.8) is 0 Å². The zero-order chi connectivity index (χ0) is 18.4. The summed E-state index contributed by atoms with van der Waals surface area (Å²) >= 11 is 0. The molecule has 0 saturated carbocycles. The minimum atomic E-state index is 0.0687. The number of carbonyl (C=O) groups excluding carboxylic acids is 2. The van der Waals surface area contributed by atoms with Crippen LogP contribution < -0.4 is 5.32 Å². The van der Waals surface area contributed by atoms with Crippen LogP contribution in [0, 0.1) is 5.92 Å². The molecule has 144 valence electrons. The number of carbonyl (C=O) groups is 2. The van der Waals surface area contributed by atoms with E-state index in [1.165, 1.54) is 0 Å². The number of aromatic nitrogens is 1. The molecule has 26 heavy (non-hydrogen) atoms. The number of methoxy groups -OCH3 is 1. The average Bonchev–Trinajstić information content (AvgIpc) is 3.22. The van der Waals surface area contributed by atoms with E-state index in [9.17, 15) is 9.59 Å². The highest BCUT2D eigenvalue weighted by atomic mass is 16.5. The Morgan fingerprint density at radius 1 is 1.27 bits per heavy atom. The number of ether oxygens (including phenoxy) is 1. The summed E-state index contributed by atoms with van der Waals surface area (Å²) in [6, 6.07) is 4.15. The molecule has 1 aromatic rings. The zero-order valence-corrected chi connectivity index (χ0v) is 15.6. The van der Waals surface area contributed by atoms with Crippen LogP contribution >= 0.6 is 0 Å². The number of nitrogens with zero attached hydrogens (tertiary/aromatic N) is 2. The van der Waals surface area contributed by atoms with Gasteiger partial charge in [0.1, 0.15) is 5.69 Å². The third kappa shape index (κ3) is 4.65. The van der Waals surface area contributed by atoms with Crippen LogP contribution in [-0.2, 0) is 9.53 Å². The number of rotatable bonds is 6. The lowest BCUT2D eigenvalue weighted by atomic mass is 9.93. The van der Waals surface area contributed by atoms with Gasteiger partial charge in [-0.1, -0.05) is 0 Å². The summed E-state index contributed by atoms with van der Waals surface area (Å²) in [6.45, 7) is 4.57. The molecule has 0 aliphatic carbocycles. The highest BCUT2D eigenvalue weighted by molar-refractivity contribution is 5.92. The fourth-order valence-corrected chi connectivity index (χ4v) is 4.04. The van der Waals surface area contributed by atoms with Gasteiger partial charge in [0, 0.05) is 45.5 Å². The number of piperidine rings is 2. The van der Waals surface area contributed by atoms with Gasteiger partial charge in [0.15, 0.2) is 0 Å². The molecule has 1 atom stereocenters. The van der Waals surface area contributed by atoms with Crippen LogP contribution in [0.4, 0.5) is 0 Å². The van der Waals surface area contributed by atoms with E-state index >= 15 is 0 Å².